The topological polar surface area (TPSA) is 96.3 Å². The fourth-order valence-corrected chi connectivity index (χ4v) is 5.12. The molecule has 0 bridgehead atoms. The van der Waals surface area contributed by atoms with Gasteiger partial charge in [0, 0.05) is 41.8 Å². The summed E-state index contributed by atoms with van der Waals surface area (Å²) in [5.74, 6) is -0.0577. The Labute approximate surface area is 191 Å². The number of aromatic carboxylic acids is 1. The number of aryl methyl sites for hydroxylation is 1. The molecular weight excluding hydrogens is 418 g/mol. The van der Waals surface area contributed by atoms with E-state index in [1.165, 1.54) is 0 Å². The molecule has 8 nitrogen and oxygen atoms in total. The molecule has 2 N–H and O–H groups in total. The largest absolute Gasteiger partial charge is 0.496 e. The molecule has 2 aromatic heterocycles. The Morgan fingerprint density at radius 3 is 2.91 bits per heavy atom. The van der Waals surface area contributed by atoms with Crippen molar-refractivity contribution in [3.63, 3.8) is 0 Å². The number of fused-ring (bicyclic) bond motifs is 1. The summed E-state index contributed by atoms with van der Waals surface area (Å²) in [5.41, 5.74) is 4.51. The third-order valence-corrected chi connectivity index (χ3v) is 6.74. The molecule has 5 rings (SSSR count). The number of aromatic amines is 1. The van der Waals surface area contributed by atoms with Gasteiger partial charge in [-0.2, -0.15) is 5.10 Å². The number of hydrogen-bond acceptors (Lipinski definition) is 5. The fraction of sp³-hybridized carbons (Fsp3) is 0.320. The molecule has 4 aromatic rings. The molecule has 33 heavy (non-hydrogen) atoms. The van der Waals surface area contributed by atoms with Crippen LogP contribution >= 0.6 is 0 Å². The number of carboxylic acid groups (broad SMARTS) is 1. The lowest BCUT2D eigenvalue weighted by molar-refractivity contribution is 0.0682. The van der Waals surface area contributed by atoms with E-state index in [-0.39, 0.29) is 12.1 Å². The average Bonchev–Trinajstić information content (AvgIpc) is 3.54. The summed E-state index contributed by atoms with van der Waals surface area (Å²) < 4.78 is 7.66. The number of methoxy groups -OCH3 is 1. The van der Waals surface area contributed by atoms with Crippen LogP contribution in [0.3, 0.4) is 0 Å². The van der Waals surface area contributed by atoms with E-state index in [2.05, 4.69) is 39.0 Å². The summed E-state index contributed by atoms with van der Waals surface area (Å²) in [6.07, 6.45) is 6.89. The Kier molecular flexibility index (Phi) is 5.60. The van der Waals surface area contributed by atoms with E-state index < -0.39 is 5.97 Å². The van der Waals surface area contributed by atoms with Gasteiger partial charge in [0.05, 0.1) is 18.7 Å². The molecule has 8 heteroatoms. The third-order valence-electron chi connectivity index (χ3n) is 6.74. The quantitative estimate of drug-likeness (QED) is 0.458. The zero-order valence-corrected chi connectivity index (χ0v) is 18.7. The highest BCUT2D eigenvalue weighted by atomic mass is 16.5. The smallest absolute Gasteiger partial charge is 0.336 e. The van der Waals surface area contributed by atoms with Crippen LogP contribution in [-0.2, 0) is 6.54 Å². The second-order valence-electron chi connectivity index (χ2n) is 8.57. The minimum absolute atomic E-state index is 0.0831. The summed E-state index contributed by atoms with van der Waals surface area (Å²) in [5, 5.41) is 15.4. The van der Waals surface area contributed by atoms with Gasteiger partial charge in [-0.3, -0.25) is 4.90 Å². The lowest BCUT2D eigenvalue weighted by Crippen LogP contribution is -2.38. The Morgan fingerprint density at radius 1 is 1.30 bits per heavy atom. The number of hydrogen-bond donors (Lipinski definition) is 2. The van der Waals surface area contributed by atoms with Crippen LogP contribution in [0.5, 0.6) is 5.75 Å². The Morgan fingerprint density at radius 2 is 2.15 bits per heavy atom. The van der Waals surface area contributed by atoms with Crippen molar-refractivity contribution < 1.29 is 14.6 Å². The maximum atomic E-state index is 12.0. The van der Waals surface area contributed by atoms with Gasteiger partial charge < -0.3 is 14.8 Å². The summed E-state index contributed by atoms with van der Waals surface area (Å²) in [4.78, 5) is 21.9. The molecule has 0 amide bonds. The van der Waals surface area contributed by atoms with Crippen LogP contribution in [0.25, 0.3) is 10.9 Å². The number of ether oxygens (including phenoxy) is 1. The first-order chi connectivity index (χ1) is 16.1. The highest BCUT2D eigenvalue weighted by Gasteiger charge is 2.34. The van der Waals surface area contributed by atoms with E-state index in [0.717, 1.165) is 52.7 Å². The van der Waals surface area contributed by atoms with E-state index in [1.54, 1.807) is 31.9 Å². The van der Waals surface area contributed by atoms with Gasteiger partial charge in [-0.25, -0.2) is 14.5 Å². The van der Waals surface area contributed by atoms with E-state index in [9.17, 15) is 9.90 Å². The van der Waals surface area contributed by atoms with Crippen molar-refractivity contribution in [2.24, 2.45) is 0 Å². The molecule has 0 aliphatic carbocycles. The van der Waals surface area contributed by atoms with E-state index in [4.69, 9.17) is 4.74 Å². The van der Waals surface area contributed by atoms with Crippen molar-refractivity contribution in [1.82, 2.24) is 24.6 Å². The molecule has 1 saturated heterocycles. The average molecular weight is 446 g/mol. The molecular formula is C25H27N5O3. The van der Waals surface area contributed by atoms with Crippen LogP contribution in [-0.4, -0.2) is 49.4 Å². The molecule has 2 unspecified atom stereocenters. The molecule has 170 valence electrons. The number of aromatic nitrogens is 4. The molecule has 1 aliphatic rings. The van der Waals surface area contributed by atoms with Gasteiger partial charge in [-0.05, 0) is 49.1 Å². The zero-order valence-electron chi connectivity index (χ0n) is 18.7. The highest BCUT2D eigenvalue weighted by molar-refractivity contribution is 5.90. The monoisotopic (exact) mass is 445 g/mol. The predicted octanol–water partition coefficient (Wildman–Crippen LogP) is 4.35. The Bertz CT molecular complexity index is 1280. The Hall–Kier alpha value is -3.65. The van der Waals surface area contributed by atoms with E-state index in [0.29, 0.717) is 12.1 Å². The molecule has 3 heterocycles. The van der Waals surface area contributed by atoms with Gasteiger partial charge in [0.15, 0.2) is 0 Å². The summed E-state index contributed by atoms with van der Waals surface area (Å²) in [6, 6.07) is 11.5. The first-order valence-electron chi connectivity index (χ1n) is 11.1. The second kappa shape index (κ2) is 8.71. The lowest BCUT2D eigenvalue weighted by Gasteiger charge is -2.40. The van der Waals surface area contributed by atoms with E-state index in [1.807, 2.05) is 23.0 Å². The maximum Gasteiger partial charge on any atom is 0.336 e. The minimum atomic E-state index is -0.908. The van der Waals surface area contributed by atoms with Crippen LogP contribution in [0.15, 0.2) is 55.2 Å². The van der Waals surface area contributed by atoms with Crippen LogP contribution < -0.4 is 4.74 Å². The number of benzene rings is 2. The lowest BCUT2D eigenvalue weighted by atomic mass is 9.88. The summed E-state index contributed by atoms with van der Waals surface area (Å²) in [7, 11) is 1.70. The van der Waals surface area contributed by atoms with Crippen molar-refractivity contribution >= 4 is 16.9 Å². The van der Waals surface area contributed by atoms with Crippen molar-refractivity contribution in [3.8, 4) is 5.75 Å². The number of H-pyrrole nitrogens is 1. The van der Waals surface area contributed by atoms with Gasteiger partial charge in [0.25, 0.3) is 0 Å². The van der Waals surface area contributed by atoms with Gasteiger partial charge >= 0.3 is 5.97 Å². The summed E-state index contributed by atoms with van der Waals surface area (Å²) in [6.45, 7) is 3.52. The van der Waals surface area contributed by atoms with Crippen molar-refractivity contribution in [3.05, 3.63) is 77.5 Å². The van der Waals surface area contributed by atoms with Crippen molar-refractivity contribution in [2.75, 3.05) is 13.7 Å². The fourth-order valence-electron chi connectivity index (χ4n) is 5.12. The Balaban J connectivity index is 1.57. The van der Waals surface area contributed by atoms with Gasteiger partial charge in [-0.1, -0.05) is 18.2 Å². The predicted molar refractivity (Wildman–Crippen MR) is 124 cm³/mol. The highest BCUT2D eigenvalue weighted by Crippen LogP contribution is 2.41. The van der Waals surface area contributed by atoms with Crippen molar-refractivity contribution in [2.45, 2.75) is 38.4 Å². The number of nitrogens with zero attached hydrogens (tertiary/aromatic N) is 4. The molecule has 2 atom stereocenters. The first-order valence-corrected chi connectivity index (χ1v) is 11.1. The molecule has 0 radical (unpaired) electrons. The standard InChI is InChI=1S/C25H27N5O3/c1-16-11-23(33-2)21(19-7-9-27-24(16)19)13-29-10-8-17(30-15-26-14-28-30)12-22(29)18-5-3-4-6-20(18)25(31)32/h3-7,9,11,14-15,17,22,27H,8,10,12-13H2,1-2H3,(H,31,32). The minimum Gasteiger partial charge on any atom is -0.496 e. The third kappa shape index (κ3) is 3.87. The van der Waals surface area contributed by atoms with Gasteiger partial charge in [-0.15, -0.1) is 0 Å². The molecule has 1 aliphatic heterocycles. The van der Waals surface area contributed by atoms with Crippen LogP contribution in [0, 0.1) is 6.92 Å². The number of carboxylic acids is 1. The van der Waals surface area contributed by atoms with Crippen LogP contribution in [0.2, 0.25) is 0 Å². The molecule has 2 aromatic carbocycles. The van der Waals surface area contributed by atoms with Crippen LogP contribution in [0.4, 0.5) is 0 Å². The van der Waals surface area contributed by atoms with Crippen molar-refractivity contribution in [1.29, 1.82) is 0 Å². The molecule has 0 spiro atoms. The number of likely N-dealkylation sites (tertiary alicyclic amines) is 1. The number of nitrogens with one attached hydrogen (secondary N) is 1. The van der Waals surface area contributed by atoms with Gasteiger partial charge in [0.2, 0.25) is 0 Å². The van der Waals surface area contributed by atoms with E-state index >= 15 is 0 Å². The van der Waals surface area contributed by atoms with Gasteiger partial charge in [0.1, 0.15) is 18.4 Å². The summed E-state index contributed by atoms with van der Waals surface area (Å²) >= 11 is 0. The number of carbonyl (C=O) groups is 1. The zero-order chi connectivity index (χ0) is 22.9. The second-order valence-corrected chi connectivity index (χ2v) is 8.57. The maximum absolute atomic E-state index is 12.0. The SMILES string of the molecule is COc1cc(C)c2[nH]ccc2c1CN1CCC(n2cncn2)CC1c1ccccc1C(=O)O. The van der Waals surface area contributed by atoms with Crippen LogP contribution in [0.1, 0.15) is 52.0 Å². The molecule has 0 saturated carbocycles. The first kappa shape index (κ1) is 21.2. The normalized spacial score (nSPS) is 19.1. The number of piperidine rings is 1. The number of rotatable bonds is 6. The molecule has 1 fully saturated rings.